The van der Waals surface area contributed by atoms with Gasteiger partial charge in [0.2, 0.25) is 6.10 Å². The normalized spacial score (nSPS) is 19.8. The fourth-order valence-electron chi connectivity index (χ4n) is 4.28. The predicted octanol–water partition coefficient (Wildman–Crippen LogP) is 4.94. The molecule has 0 radical (unpaired) electrons. The van der Waals surface area contributed by atoms with E-state index < -0.39 is 71.0 Å². The van der Waals surface area contributed by atoms with Crippen LogP contribution in [0.25, 0.3) is 0 Å². The Kier molecular flexibility index (Phi) is 13.0. The molecule has 45 heavy (non-hydrogen) atoms. The van der Waals surface area contributed by atoms with Crippen LogP contribution in [0.3, 0.4) is 0 Å². The minimum Gasteiger partial charge on any atom is -0.476 e. The van der Waals surface area contributed by atoms with Gasteiger partial charge in [-0.2, -0.15) is 26.3 Å². The van der Waals surface area contributed by atoms with Crippen molar-refractivity contribution in [1.29, 1.82) is 0 Å². The summed E-state index contributed by atoms with van der Waals surface area (Å²) in [5.41, 5.74) is 7.38. The molecule has 16 heteroatoms. The first-order valence-corrected chi connectivity index (χ1v) is 14.9. The molecule has 0 aliphatic carbocycles. The number of Topliss-reactive ketones (excluding diaryl/α,β-unsaturated/α-hetero) is 1. The van der Waals surface area contributed by atoms with Crippen LogP contribution in [0.1, 0.15) is 37.5 Å². The van der Waals surface area contributed by atoms with Crippen molar-refractivity contribution in [3.63, 3.8) is 0 Å². The number of hydrogen-bond donors (Lipinski definition) is 3. The molecule has 2 aromatic rings. The van der Waals surface area contributed by atoms with Crippen LogP contribution in [0, 0.1) is 11.7 Å². The zero-order valence-electron chi connectivity index (χ0n) is 24.9. The highest BCUT2D eigenvalue weighted by Crippen LogP contribution is 2.33. The summed E-state index contributed by atoms with van der Waals surface area (Å²) < 4.78 is 108. The van der Waals surface area contributed by atoms with E-state index in [1.165, 1.54) is 6.07 Å². The molecule has 2 aromatic carbocycles. The zero-order chi connectivity index (χ0) is 34.3. The Labute approximate surface area is 257 Å². The number of nitrogens with one attached hydrogen (secondary N) is 1. The first kappa shape index (κ1) is 37.9. The van der Waals surface area contributed by atoms with Crippen molar-refractivity contribution < 1.29 is 59.1 Å². The van der Waals surface area contributed by atoms with Gasteiger partial charge in [0.05, 0.1) is 12.6 Å². The summed E-state index contributed by atoms with van der Waals surface area (Å²) in [5, 5.41) is 10.3. The highest BCUT2D eigenvalue weighted by molar-refractivity contribution is 7.85. The minimum absolute atomic E-state index is 0.0171. The summed E-state index contributed by atoms with van der Waals surface area (Å²) in [5.74, 6) is -4.87. The first-order valence-electron chi connectivity index (χ1n) is 13.4. The van der Waals surface area contributed by atoms with Crippen LogP contribution in [0.2, 0.25) is 0 Å². The number of nitrogens with two attached hydrogens (primary N) is 1. The number of ether oxygens (including phenoxy) is 2. The van der Waals surface area contributed by atoms with Gasteiger partial charge in [0.1, 0.15) is 17.3 Å². The van der Waals surface area contributed by atoms with Crippen molar-refractivity contribution in [1.82, 2.24) is 5.32 Å². The molecule has 4 atom stereocenters. The lowest BCUT2D eigenvalue weighted by Gasteiger charge is -2.29. The molecule has 0 spiro atoms. The molecule has 0 saturated carbocycles. The topological polar surface area (TPSA) is 128 Å². The molecule has 1 aliphatic heterocycles. The van der Waals surface area contributed by atoms with Crippen molar-refractivity contribution in [2.45, 2.75) is 63.7 Å². The number of methoxy groups -OCH3 is 1. The number of rotatable bonds is 9. The van der Waals surface area contributed by atoms with Crippen molar-refractivity contribution in [3.05, 3.63) is 58.9 Å². The van der Waals surface area contributed by atoms with Gasteiger partial charge < -0.3 is 25.6 Å². The van der Waals surface area contributed by atoms with Gasteiger partial charge in [0.15, 0.2) is 5.78 Å². The van der Waals surface area contributed by atoms with Crippen molar-refractivity contribution in [3.8, 4) is 5.75 Å². The van der Waals surface area contributed by atoms with E-state index in [1.54, 1.807) is 0 Å². The summed E-state index contributed by atoms with van der Waals surface area (Å²) >= 11 is 0. The van der Waals surface area contributed by atoms with E-state index in [9.17, 15) is 39.7 Å². The number of halogens is 7. The second-order valence-electron chi connectivity index (χ2n) is 11.4. The number of hydrogen-bond acceptors (Lipinski definition) is 7. The maximum Gasteiger partial charge on any atom is 0.490 e. The third-order valence-electron chi connectivity index (χ3n) is 6.66. The van der Waals surface area contributed by atoms with Gasteiger partial charge in [-0.15, -0.1) is 0 Å². The number of benzene rings is 2. The van der Waals surface area contributed by atoms with Gasteiger partial charge in [-0.25, -0.2) is 9.18 Å². The van der Waals surface area contributed by atoms with Crippen LogP contribution >= 0.6 is 0 Å². The fourth-order valence-corrected chi connectivity index (χ4v) is 5.80. The Morgan fingerprint density at radius 1 is 1.09 bits per heavy atom. The number of carboxylic acids is 1. The number of carbonyl (C=O) groups excluding carboxylic acids is 1. The summed E-state index contributed by atoms with van der Waals surface area (Å²) in [4.78, 5) is 22.1. The van der Waals surface area contributed by atoms with Crippen LogP contribution in [-0.4, -0.2) is 70.8 Å². The molecule has 1 fully saturated rings. The quantitative estimate of drug-likeness (QED) is 0.253. The van der Waals surface area contributed by atoms with Gasteiger partial charge in [0.25, 0.3) is 0 Å². The number of ketones is 1. The molecular weight excluding hydrogens is 637 g/mol. The lowest BCUT2D eigenvalue weighted by Crippen LogP contribution is -2.50. The third kappa shape index (κ3) is 11.6. The summed E-state index contributed by atoms with van der Waals surface area (Å²) in [6.45, 7) is 5.91. The van der Waals surface area contributed by atoms with Gasteiger partial charge >= 0.3 is 18.3 Å². The van der Waals surface area contributed by atoms with Crippen LogP contribution in [0.15, 0.2) is 36.4 Å². The van der Waals surface area contributed by atoms with Crippen molar-refractivity contribution in [2.24, 2.45) is 5.92 Å². The molecule has 1 saturated heterocycles. The van der Waals surface area contributed by atoms with Crippen molar-refractivity contribution in [2.75, 3.05) is 31.0 Å². The molecule has 0 bridgehead atoms. The van der Waals surface area contributed by atoms with Gasteiger partial charge in [-0.3, -0.25) is 9.00 Å². The lowest BCUT2D eigenvalue weighted by atomic mass is 9.86. The molecule has 1 heterocycles. The van der Waals surface area contributed by atoms with Gasteiger partial charge in [0, 0.05) is 41.9 Å². The van der Waals surface area contributed by atoms with Crippen LogP contribution in [-0.2, 0) is 43.5 Å². The van der Waals surface area contributed by atoms with Crippen LogP contribution in [0.4, 0.5) is 36.4 Å². The van der Waals surface area contributed by atoms with Gasteiger partial charge in [-0.05, 0) is 40.7 Å². The van der Waals surface area contributed by atoms with E-state index in [2.05, 4.69) is 36.9 Å². The van der Waals surface area contributed by atoms with E-state index >= 15 is 0 Å². The maximum atomic E-state index is 14.5. The summed E-state index contributed by atoms with van der Waals surface area (Å²) in [6, 6.07) is 9.58. The first-order chi connectivity index (χ1) is 20.6. The predicted molar refractivity (Wildman–Crippen MR) is 153 cm³/mol. The van der Waals surface area contributed by atoms with E-state index in [-0.39, 0.29) is 34.7 Å². The number of aliphatic carboxylic acids is 1. The fraction of sp³-hybridized carbons (Fsp3) is 0.517. The highest BCUT2D eigenvalue weighted by Gasteiger charge is 2.42. The monoisotopic (exact) mass is 672 g/mol. The number of anilines is 1. The van der Waals surface area contributed by atoms with E-state index in [0.717, 1.165) is 24.3 Å². The van der Waals surface area contributed by atoms with E-state index in [1.807, 2.05) is 18.2 Å². The molecule has 4 N–H and O–H groups in total. The van der Waals surface area contributed by atoms with Crippen molar-refractivity contribution >= 4 is 28.2 Å². The zero-order valence-corrected chi connectivity index (χ0v) is 25.7. The Balaban J connectivity index is 0.000000900. The Hall–Kier alpha value is -3.24. The standard InChI is InChI=1S/C27H34F4N2O4S.C2HF3O2/c1-26(2,3)19-7-5-6-16(9-19)12-33-21-15-38(35)14-18(25(21)34)8-17-10-20(28)24(32)22(11-17)37-23(13-36-4)27(29,30)31;3-2(4,5)1(6)7/h5-7,9-11,18,21,23,33H,8,12-15,32H2,1-4H3;(H,6,7)/t18-,21+,23-,38?;/m1./s1. The number of carboxylic acid groups (broad SMARTS) is 1. The average molecular weight is 673 g/mol. The molecule has 0 amide bonds. The molecule has 8 nitrogen and oxygen atoms in total. The molecular formula is C29H35F7N2O6S. The number of nitrogen functional groups attached to an aromatic ring is 1. The molecule has 1 unspecified atom stereocenters. The minimum atomic E-state index is -5.08. The van der Waals surface area contributed by atoms with Crippen LogP contribution < -0.4 is 15.8 Å². The summed E-state index contributed by atoms with van der Waals surface area (Å²) in [6.07, 6.45) is -12.2. The molecule has 0 aromatic heterocycles. The lowest BCUT2D eigenvalue weighted by molar-refractivity contribution is -0.206. The third-order valence-corrected chi connectivity index (χ3v) is 8.14. The average Bonchev–Trinajstić information content (AvgIpc) is 2.91. The Morgan fingerprint density at radius 3 is 2.24 bits per heavy atom. The smallest absolute Gasteiger partial charge is 0.476 e. The molecule has 1 aliphatic rings. The van der Waals surface area contributed by atoms with Gasteiger partial charge in [-0.1, -0.05) is 45.0 Å². The Morgan fingerprint density at radius 2 is 1.71 bits per heavy atom. The Bertz CT molecular complexity index is 1360. The highest BCUT2D eigenvalue weighted by atomic mass is 32.2. The maximum absolute atomic E-state index is 14.5. The SMILES string of the molecule is COC[C@@H](Oc1cc(C[C@@H]2CS(=O)C[C@H](NCc3cccc(C(C)(C)C)c3)C2=O)cc(F)c1N)C(F)(F)F.O=C(O)C(F)(F)F. The molecule has 252 valence electrons. The molecule has 3 rings (SSSR count). The second kappa shape index (κ2) is 15.4. The second-order valence-corrected chi connectivity index (χ2v) is 12.9. The summed E-state index contributed by atoms with van der Waals surface area (Å²) in [7, 11) is -0.222. The largest absolute Gasteiger partial charge is 0.490 e. The number of alkyl halides is 6. The number of carbonyl (C=O) groups is 2. The van der Waals surface area contributed by atoms with E-state index in [4.69, 9.17) is 20.4 Å². The van der Waals surface area contributed by atoms with Crippen LogP contribution in [0.5, 0.6) is 5.75 Å². The van der Waals surface area contributed by atoms with E-state index in [0.29, 0.717) is 6.54 Å².